The van der Waals surface area contributed by atoms with Crippen LogP contribution in [-0.4, -0.2) is 66.4 Å². The first-order valence-electron chi connectivity index (χ1n) is 10.8. The van der Waals surface area contributed by atoms with E-state index in [4.69, 9.17) is 9.84 Å². The fourth-order valence-corrected chi connectivity index (χ4v) is 5.28. The smallest absolute Gasteiger partial charge is 0.325 e. The van der Waals surface area contributed by atoms with Crippen LogP contribution in [0.25, 0.3) is 0 Å². The van der Waals surface area contributed by atoms with Crippen LogP contribution in [0.15, 0.2) is 35.2 Å². The number of carbonyl (C=O) groups is 3. The lowest BCUT2D eigenvalue weighted by Crippen LogP contribution is -2.52. The minimum Gasteiger partial charge on any atom is -0.497 e. The van der Waals surface area contributed by atoms with Crippen molar-refractivity contribution in [3.8, 4) is 5.75 Å². The number of rotatable bonds is 6. The van der Waals surface area contributed by atoms with Crippen LogP contribution in [0.4, 0.5) is 19.3 Å². The number of fused-ring (bicyclic) bond motifs is 1. The van der Waals surface area contributed by atoms with E-state index >= 15 is 0 Å². The van der Waals surface area contributed by atoms with Crippen LogP contribution in [0.3, 0.4) is 0 Å². The second kappa shape index (κ2) is 10.1. The number of carbonyl (C=O) groups excluding carboxylic acids is 2. The second-order valence-corrected chi connectivity index (χ2v) is 13.1. The van der Waals surface area contributed by atoms with Crippen LogP contribution in [0, 0.1) is 11.6 Å². The lowest BCUT2D eigenvalue weighted by atomic mass is 9.91. The summed E-state index contributed by atoms with van der Waals surface area (Å²) >= 11 is 0. The molecule has 2 aromatic rings. The van der Waals surface area contributed by atoms with Gasteiger partial charge in [0.1, 0.15) is 29.5 Å². The van der Waals surface area contributed by atoms with E-state index in [0.29, 0.717) is 17.7 Å². The molecule has 0 bridgehead atoms. The number of methoxy groups -OCH3 is 1. The number of carboxylic acid groups (broad SMARTS) is 1. The Kier molecular flexibility index (Phi) is 7.59. The molecule has 0 unspecified atom stereocenters. The van der Waals surface area contributed by atoms with Gasteiger partial charge in [0.25, 0.3) is 5.91 Å². The Bertz CT molecular complexity index is 1150. The van der Waals surface area contributed by atoms with E-state index < -0.39 is 51.7 Å². The van der Waals surface area contributed by atoms with Crippen LogP contribution in [0.1, 0.15) is 24.1 Å². The highest BCUT2D eigenvalue weighted by atomic mass is 32.3. The summed E-state index contributed by atoms with van der Waals surface area (Å²) < 4.78 is 34.7. The fraction of sp³-hybridized carbons (Fsp3) is 0.375. The number of benzene rings is 2. The standard InChI is InChI=1S/C24H29F2N3O5S/c1-13(23(31)32)27-24(33)29-9-8-14-10-16(34-2)6-7-17(14)20(29)22(30)28-15-11-18(25)21(19(26)12-15)35(3,4)5/h6-7,10-13,20H,8-9H2,1-5H3,(H,27,33)(H,28,30)(H,31,32)/t13-,20-/m1/s1. The van der Waals surface area contributed by atoms with Gasteiger partial charge in [-0.05, 0) is 67.5 Å². The predicted molar refractivity (Wildman–Crippen MR) is 130 cm³/mol. The van der Waals surface area contributed by atoms with Crippen LogP contribution in [0.2, 0.25) is 0 Å². The molecule has 0 aliphatic carbocycles. The second-order valence-electron chi connectivity index (χ2n) is 9.02. The Balaban J connectivity index is 1.98. The van der Waals surface area contributed by atoms with Crippen molar-refractivity contribution in [2.45, 2.75) is 30.3 Å². The molecule has 0 saturated carbocycles. The molecule has 0 radical (unpaired) electrons. The van der Waals surface area contributed by atoms with Gasteiger partial charge in [-0.15, -0.1) is 0 Å². The molecule has 2 aromatic carbocycles. The lowest BCUT2D eigenvalue weighted by Gasteiger charge is -2.37. The number of anilines is 1. The first kappa shape index (κ1) is 26.3. The molecular formula is C24H29F2N3O5S. The summed E-state index contributed by atoms with van der Waals surface area (Å²) in [7, 11) is -0.191. The van der Waals surface area contributed by atoms with Crippen LogP contribution < -0.4 is 15.4 Å². The number of halogens is 2. The first-order chi connectivity index (χ1) is 16.3. The van der Waals surface area contributed by atoms with E-state index in [0.717, 1.165) is 17.7 Å². The molecule has 3 N–H and O–H groups in total. The number of urea groups is 1. The summed E-state index contributed by atoms with van der Waals surface area (Å²) in [5, 5.41) is 14.0. The van der Waals surface area contributed by atoms with Gasteiger partial charge >= 0.3 is 12.0 Å². The normalized spacial score (nSPS) is 16.7. The van der Waals surface area contributed by atoms with Gasteiger partial charge in [0.15, 0.2) is 0 Å². The van der Waals surface area contributed by atoms with E-state index in [2.05, 4.69) is 10.6 Å². The van der Waals surface area contributed by atoms with Gasteiger partial charge in [0.05, 0.1) is 12.0 Å². The van der Waals surface area contributed by atoms with Crippen molar-refractivity contribution in [2.24, 2.45) is 0 Å². The maximum atomic E-state index is 14.7. The Morgan fingerprint density at radius 3 is 2.31 bits per heavy atom. The van der Waals surface area contributed by atoms with Gasteiger partial charge in [0, 0.05) is 12.2 Å². The van der Waals surface area contributed by atoms with Gasteiger partial charge in [-0.3, -0.25) is 9.59 Å². The molecule has 1 aliphatic rings. The minimum absolute atomic E-state index is 0.0192. The number of nitrogens with one attached hydrogen (secondary N) is 2. The van der Waals surface area contributed by atoms with Gasteiger partial charge < -0.3 is 25.4 Å². The summed E-state index contributed by atoms with van der Waals surface area (Å²) in [4.78, 5) is 38.7. The van der Waals surface area contributed by atoms with Gasteiger partial charge in [-0.25, -0.2) is 23.6 Å². The van der Waals surface area contributed by atoms with Crippen molar-refractivity contribution in [3.63, 3.8) is 0 Å². The Labute approximate surface area is 204 Å². The average Bonchev–Trinajstić information content (AvgIpc) is 2.75. The molecule has 1 aliphatic heterocycles. The molecule has 0 saturated heterocycles. The number of nitrogens with zero attached hydrogens (tertiary/aromatic N) is 1. The number of aliphatic carboxylic acids is 1. The third kappa shape index (κ3) is 5.67. The number of amides is 3. The summed E-state index contributed by atoms with van der Waals surface area (Å²) in [5.74, 6) is -2.87. The molecule has 11 heteroatoms. The van der Waals surface area contributed by atoms with Crippen LogP contribution in [-0.2, 0) is 16.0 Å². The fourth-order valence-electron chi connectivity index (χ4n) is 3.99. The summed E-state index contributed by atoms with van der Waals surface area (Å²) in [6.07, 6.45) is 5.68. The Morgan fingerprint density at radius 1 is 1.14 bits per heavy atom. The van der Waals surface area contributed by atoms with E-state index in [-0.39, 0.29) is 17.1 Å². The monoisotopic (exact) mass is 509 g/mol. The van der Waals surface area contributed by atoms with E-state index in [9.17, 15) is 23.2 Å². The quantitative estimate of drug-likeness (QED) is 0.550. The third-order valence-electron chi connectivity index (χ3n) is 5.68. The average molecular weight is 510 g/mol. The zero-order chi connectivity index (χ0) is 26.1. The van der Waals surface area contributed by atoms with Crippen molar-refractivity contribution in [2.75, 3.05) is 37.7 Å². The molecule has 190 valence electrons. The summed E-state index contributed by atoms with van der Waals surface area (Å²) in [6.45, 7) is 1.42. The highest BCUT2D eigenvalue weighted by Gasteiger charge is 2.37. The Hall–Kier alpha value is -3.34. The predicted octanol–water partition coefficient (Wildman–Crippen LogP) is 3.75. The van der Waals surface area contributed by atoms with Crippen molar-refractivity contribution < 1.29 is 33.0 Å². The maximum absolute atomic E-state index is 14.7. The molecule has 0 aromatic heterocycles. The lowest BCUT2D eigenvalue weighted by molar-refractivity contribution is -0.138. The van der Waals surface area contributed by atoms with Crippen molar-refractivity contribution >= 4 is 33.6 Å². The van der Waals surface area contributed by atoms with E-state index in [1.54, 1.807) is 37.0 Å². The molecule has 35 heavy (non-hydrogen) atoms. The van der Waals surface area contributed by atoms with Crippen LogP contribution >= 0.6 is 10.0 Å². The van der Waals surface area contributed by atoms with Crippen molar-refractivity contribution in [3.05, 3.63) is 53.1 Å². The Morgan fingerprint density at radius 2 is 1.77 bits per heavy atom. The van der Waals surface area contributed by atoms with E-state index in [1.165, 1.54) is 18.9 Å². The largest absolute Gasteiger partial charge is 0.497 e. The molecule has 1 heterocycles. The zero-order valence-corrected chi connectivity index (χ0v) is 21.0. The summed E-state index contributed by atoms with van der Waals surface area (Å²) in [5.41, 5.74) is 1.19. The number of hydrogen-bond donors (Lipinski definition) is 3. The van der Waals surface area contributed by atoms with Gasteiger partial charge in [0.2, 0.25) is 0 Å². The minimum atomic E-state index is -1.70. The third-order valence-corrected chi connectivity index (χ3v) is 7.29. The van der Waals surface area contributed by atoms with Crippen molar-refractivity contribution in [1.29, 1.82) is 0 Å². The topological polar surface area (TPSA) is 108 Å². The molecule has 0 spiro atoms. The van der Waals surface area contributed by atoms with E-state index in [1.807, 2.05) is 0 Å². The number of hydrogen-bond acceptors (Lipinski definition) is 4. The van der Waals surface area contributed by atoms with Gasteiger partial charge in [-0.2, -0.15) is 0 Å². The summed E-state index contributed by atoms with van der Waals surface area (Å²) in [6, 6.07) is 4.07. The highest BCUT2D eigenvalue weighted by molar-refractivity contribution is 8.32. The molecular weight excluding hydrogens is 480 g/mol. The molecule has 3 amide bonds. The number of ether oxygens (including phenoxy) is 1. The maximum Gasteiger partial charge on any atom is 0.325 e. The number of carboxylic acids is 1. The first-order valence-corrected chi connectivity index (χ1v) is 13.6. The molecule has 3 rings (SSSR count). The SMILES string of the molecule is COc1ccc2c(c1)CCN(C(=O)N[C@H](C)C(=O)O)[C@H]2C(=O)Nc1cc(F)c(S(C)(C)C)c(F)c1. The highest BCUT2D eigenvalue weighted by Crippen LogP contribution is 2.48. The van der Waals surface area contributed by atoms with Crippen LogP contribution in [0.5, 0.6) is 5.75 Å². The zero-order valence-electron chi connectivity index (χ0n) is 20.1. The molecule has 2 atom stereocenters. The molecule has 8 nitrogen and oxygen atoms in total. The van der Waals surface area contributed by atoms with Gasteiger partial charge in [-0.1, -0.05) is 6.07 Å². The van der Waals surface area contributed by atoms with Crippen molar-refractivity contribution in [1.82, 2.24) is 10.2 Å². The molecule has 0 fully saturated rings.